The molecular weight excluding hydrogens is 406 g/mol. The number of carbonyl (C=O) groups is 3. The highest BCUT2D eigenvalue weighted by atomic mass is 16.5. The summed E-state index contributed by atoms with van der Waals surface area (Å²) in [6.07, 6.45) is -0.471. The summed E-state index contributed by atoms with van der Waals surface area (Å²) in [4.78, 5) is 38.0. The second-order valence-corrected chi connectivity index (χ2v) is 7.61. The minimum Gasteiger partial charge on any atom is -0.359 e. The van der Waals surface area contributed by atoms with Crippen LogP contribution in [0.3, 0.4) is 0 Å². The summed E-state index contributed by atoms with van der Waals surface area (Å²) in [5.41, 5.74) is 3.51. The molecule has 7 heteroatoms. The first-order chi connectivity index (χ1) is 15.5. The highest BCUT2D eigenvalue weighted by Crippen LogP contribution is 2.28. The molecule has 0 spiro atoms. The monoisotopic (exact) mass is 429 g/mol. The average Bonchev–Trinajstić information content (AvgIpc) is 3.05. The van der Waals surface area contributed by atoms with Crippen molar-refractivity contribution in [3.63, 3.8) is 0 Å². The Kier molecular flexibility index (Phi) is 6.00. The van der Waals surface area contributed by atoms with Gasteiger partial charge >= 0.3 is 6.03 Å². The molecule has 4 amide bonds. The van der Waals surface area contributed by atoms with Crippen LogP contribution in [0.25, 0.3) is 0 Å². The lowest BCUT2D eigenvalue weighted by atomic mass is 9.92. The van der Waals surface area contributed by atoms with Crippen molar-refractivity contribution in [3.05, 3.63) is 108 Å². The number of carbonyl (C=O) groups excluding carboxylic acids is 3. The maximum absolute atomic E-state index is 12.9. The summed E-state index contributed by atoms with van der Waals surface area (Å²) >= 11 is 0. The van der Waals surface area contributed by atoms with Gasteiger partial charge in [-0.3, -0.25) is 15.0 Å². The first-order valence-electron chi connectivity index (χ1n) is 10.2. The topological polar surface area (TPSA) is 87.7 Å². The Balaban J connectivity index is 1.45. The van der Waals surface area contributed by atoms with Crippen molar-refractivity contribution in [2.45, 2.75) is 18.6 Å². The Morgan fingerprint density at radius 2 is 1.41 bits per heavy atom. The van der Waals surface area contributed by atoms with Crippen LogP contribution >= 0.6 is 0 Å². The maximum atomic E-state index is 12.9. The number of ether oxygens (including phenoxy) is 1. The predicted octanol–water partition coefficient (Wildman–Crippen LogP) is 3.29. The van der Waals surface area contributed by atoms with E-state index in [9.17, 15) is 14.4 Å². The number of hydrogen-bond donors (Lipinski definition) is 2. The molecule has 3 aromatic carbocycles. The van der Waals surface area contributed by atoms with Gasteiger partial charge in [-0.1, -0.05) is 91.0 Å². The number of imide groups is 1. The first kappa shape index (κ1) is 21.3. The van der Waals surface area contributed by atoms with Crippen molar-refractivity contribution in [2.75, 3.05) is 6.61 Å². The van der Waals surface area contributed by atoms with Gasteiger partial charge in [-0.15, -0.1) is 0 Å². The van der Waals surface area contributed by atoms with Crippen LogP contribution in [-0.2, 0) is 19.9 Å². The van der Waals surface area contributed by atoms with Gasteiger partial charge in [0.15, 0.2) is 0 Å². The van der Waals surface area contributed by atoms with Crippen molar-refractivity contribution >= 4 is 17.8 Å². The van der Waals surface area contributed by atoms with Gasteiger partial charge in [0.05, 0.1) is 0 Å². The molecule has 7 nitrogen and oxygen atoms in total. The standard InChI is InChI=1S/C25H23N3O4/c1-25(20-15-9-4-10-16-20)23(30)28(24(31)26-25)27-21(29)17-32-22(18-11-5-2-6-12-18)19-13-7-3-8-14-19/h2-16,22H,17H2,1H3,(H,26,31)(H,27,29). The van der Waals surface area contributed by atoms with Crippen LogP contribution in [0, 0.1) is 0 Å². The number of benzene rings is 3. The molecule has 1 unspecified atom stereocenters. The molecule has 2 N–H and O–H groups in total. The van der Waals surface area contributed by atoms with Crippen LogP contribution in [0.2, 0.25) is 0 Å². The lowest BCUT2D eigenvalue weighted by Crippen LogP contribution is -2.49. The molecule has 1 fully saturated rings. The average molecular weight is 429 g/mol. The fraction of sp³-hybridized carbons (Fsp3) is 0.160. The first-order valence-corrected chi connectivity index (χ1v) is 10.2. The Morgan fingerprint density at radius 1 is 0.906 bits per heavy atom. The van der Waals surface area contributed by atoms with Gasteiger partial charge in [0.1, 0.15) is 18.2 Å². The zero-order chi connectivity index (χ0) is 22.6. The minimum absolute atomic E-state index is 0.340. The van der Waals surface area contributed by atoms with Crippen molar-refractivity contribution in [1.29, 1.82) is 0 Å². The zero-order valence-corrected chi connectivity index (χ0v) is 17.5. The molecule has 1 atom stereocenters. The normalized spacial score (nSPS) is 18.0. The summed E-state index contributed by atoms with van der Waals surface area (Å²) < 4.78 is 5.91. The van der Waals surface area contributed by atoms with Crippen LogP contribution in [0.4, 0.5) is 4.79 Å². The minimum atomic E-state index is -1.26. The van der Waals surface area contributed by atoms with Crippen molar-refractivity contribution in [1.82, 2.24) is 15.8 Å². The van der Waals surface area contributed by atoms with Crippen LogP contribution in [-0.4, -0.2) is 29.5 Å². The molecule has 1 saturated heterocycles. The summed E-state index contributed by atoms with van der Waals surface area (Å²) in [6.45, 7) is 1.26. The molecule has 0 radical (unpaired) electrons. The second kappa shape index (κ2) is 9.03. The second-order valence-electron chi connectivity index (χ2n) is 7.61. The van der Waals surface area contributed by atoms with Gasteiger partial charge in [-0.05, 0) is 23.6 Å². The Morgan fingerprint density at radius 3 is 1.94 bits per heavy atom. The molecular formula is C25H23N3O4. The molecule has 4 rings (SSSR count). The van der Waals surface area contributed by atoms with Crippen molar-refractivity contribution < 1.29 is 19.1 Å². The Labute approximate surface area is 186 Å². The highest BCUT2D eigenvalue weighted by Gasteiger charge is 2.49. The molecule has 0 aromatic heterocycles. The number of urea groups is 1. The van der Waals surface area contributed by atoms with Gasteiger partial charge in [0, 0.05) is 0 Å². The lowest BCUT2D eigenvalue weighted by Gasteiger charge is -2.22. The number of nitrogens with one attached hydrogen (secondary N) is 2. The fourth-order valence-corrected chi connectivity index (χ4v) is 3.66. The van der Waals surface area contributed by atoms with E-state index in [4.69, 9.17) is 4.74 Å². The predicted molar refractivity (Wildman–Crippen MR) is 118 cm³/mol. The summed E-state index contributed by atoms with van der Waals surface area (Å²) in [7, 11) is 0. The molecule has 3 aromatic rings. The molecule has 0 aliphatic carbocycles. The van der Waals surface area contributed by atoms with E-state index in [1.807, 2.05) is 66.7 Å². The molecule has 1 aliphatic heterocycles. The maximum Gasteiger partial charge on any atom is 0.344 e. The van der Waals surface area contributed by atoms with Crippen molar-refractivity contribution in [2.24, 2.45) is 0 Å². The number of nitrogens with zero attached hydrogens (tertiary/aromatic N) is 1. The van der Waals surface area contributed by atoms with E-state index in [2.05, 4.69) is 10.7 Å². The molecule has 0 bridgehead atoms. The zero-order valence-electron chi connectivity index (χ0n) is 17.5. The smallest absolute Gasteiger partial charge is 0.344 e. The van der Waals surface area contributed by atoms with E-state index < -0.39 is 29.5 Å². The van der Waals surface area contributed by atoms with E-state index >= 15 is 0 Å². The number of rotatable bonds is 7. The van der Waals surface area contributed by atoms with Crippen LogP contribution in [0.15, 0.2) is 91.0 Å². The largest absolute Gasteiger partial charge is 0.359 e. The Bertz CT molecular complexity index is 1070. The van der Waals surface area contributed by atoms with Gasteiger partial charge in [0.25, 0.3) is 11.8 Å². The van der Waals surface area contributed by atoms with Crippen LogP contribution < -0.4 is 10.7 Å². The number of amides is 4. The van der Waals surface area contributed by atoms with Gasteiger partial charge in [-0.2, -0.15) is 5.01 Å². The summed E-state index contributed by atoms with van der Waals surface area (Å²) in [5.74, 6) is -1.17. The SMILES string of the molecule is CC1(c2ccccc2)NC(=O)N(NC(=O)COC(c2ccccc2)c2ccccc2)C1=O. The molecule has 0 saturated carbocycles. The van der Waals surface area contributed by atoms with Crippen LogP contribution in [0.5, 0.6) is 0 Å². The van der Waals surface area contributed by atoms with E-state index in [1.165, 1.54) is 0 Å². The Hall–Kier alpha value is -3.97. The number of hydrazine groups is 1. The lowest BCUT2D eigenvalue weighted by molar-refractivity contribution is -0.141. The van der Waals surface area contributed by atoms with Gasteiger partial charge < -0.3 is 10.1 Å². The fourth-order valence-electron chi connectivity index (χ4n) is 3.66. The van der Waals surface area contributed by atoms with Crippen molar-refractivity contribution in [3.8, 4) is 0 Å². The van der Waals surface area contributed by atoms with Crippen LogP contribution in [0.1, 0.15) is 29.7 Å². The molecule has 162 valence electrons. The summed E-state index contributed by atoms with van der Waals surface area (Å²) in [6, 6.07) is 27.2. The van der Waals surface area contributed by atoms with E-state index in [1.54, 1.807) is 31.2 Å². The number of hydrogen-bond acceptors (Lipinski definition) is 4. The quantitative estimate of drug-likeness (QED) is 0.564. The third-order valence-corrected chi connectivity index (χ3v) is 5.36. The van der Waals surface area contributed by atoms with Gasteiger partial charge in [-0.25, -0.2) is 4.79 Å². The van der Waals surface area contributed by atoms with E-state index in [0.29, 0.717) is 10.6 Å². The van der Waals surface area contributed by atoms with E-state index in [-0.39, 0.29) is 6.61 Å². The molecule has 32 heavy (non-hydrogen) atoms. The third kappa shape index (κ3) is 4.24. The third-order valence-electron chi connectivity index (χ3n) is 5.36. The summed E-state index contributed by atoms with van der Waals surface area (Å²) in [5, 5.41) is 3.36. The molecule has 1 heterocycles. The van der Waals surface area contributed by atoms with E-state index in [0.717, 1.165) is 11.1 Å². The van der Waals surface area contributed by atoms with Gasteiger partial charge in [0.2, 0.25) is 0 Å². The highest BCUT2D eigenvalue weighted by molar-refractivity contribution is 6.08. The molecule has 1 aliphatic rings.